The third-order valence-corrected chi connectivity index (χ3v) is 4.46. The molecule has 1 aromatic heterocycles. The van der Waals surface area contributed by atoms with Crippen molar-refractivity contribution in [3.05, 3.63) is 54.4 Å². The number of nitrogens with zero attached hydrogens (tertiary/aromatic N) is 3. The molecule has 0 saturated carbocycles. The highest BCUT2D eigenvalue weighted by Gasteiger charge is 2.18. The monoisotopic (exact) mass is 311 g/mol. The molecule has 1 aliphatic rings. The summed E-state index contributed by atoms with van der Waals surface area (Å²) in [4.78, 5) is 9.16. The molecule has 23 heavy (non-hydrogen) atoms. The Balaban J connectivity index is 1.45. The van der Waals surface area contributed by atoms with Crippen molar-refractivity contribution >= 4 is 5.69 Å². The van der Waals surface area contributed by atoms with Gasteiger partial charge in [0, 0.05) is 38.6 Å². The summed E-state index contributed by atoms with van der Waals surface area (Å²) in [6.07, 6.45) is 6.11. The molecule has 0 radical (unpaired) electrons. The number of benzene rings is 1. The summed E-state index contributed by atoms with van der Waals surface area (Å²) in [5.41, 5.74) is 2.55. The Labute approximate surface area is 138 Å². The summed E-state index contributed by atoms with van der Waals surface area (Å²) in [7, 11) is 1.74. The van der Waals surface area contributed by atoms with Crippen LogP contribution >= 0.6 is 0 Å². The van der Waals surface area contributed by atoms with Crippen LogP contribution in [0.5, 0.6) is 5.75 Å². The molecule has 4 nitrogen and oxygen atoms in total. The standard InChI is InChI=1S/C19H25N3O/c1-23-19-9-3-2-8-18(19)22-14-12-21(13-15-22)11-5-7-17-6-4-10-20-16-17/h2-4,6,8-10,16H,5,7,11-15H2,1H3. The van der Waals surface area contributed by atoms with Crippen molar-refractivity contribution in [3.8, 4) is 5.75 Å². The summed E-state index contributed by atoms with van der Waals surface area (Å²) in [5, 5.41) is 0. The number of pyridine rings is 1. The van der Waals surface area contributed by atoms with Crippen LogP contribution in [0.25, 0.3) is 0 Å². The Morgan fingerprint density at radius 3 is 2.61 bits per heavy atom. The number of methoxy groups -OCH3 is 1. The van der Waals surface area contributed by atoms with Crippen LogP contribution in [0.4, 0.5) is 5.69 Å². The number of aryl methyl sites for hydroxylation is 1. The molecule has 0 amide bonds. The number of hydrogen-bond donors (Lipinski definition) is 0. The van der Waals surface area contributed by atoms with E-state index in [9.17, 15) is 0 Å². The summed E-state index contributed by atoms with van der Waals surface area (Å²) in [5.74, 6) is 0.970. The molecule has 0 spiro atoms. The van der Waals surface area contributed by atoms with Gasteiger partial charge in [-0.15, -0.1) is 0 Å². The molecule has 0 unspecified atom stereocenters. The highest BCUT2D eigenvalue weighted by molar-refractivity contribution is 5.58. The highest BCUT2D eigenvalue weighted by atomic mass is 16.5. The van der Waals surface area contributed by atoms with E-state index in [-0.39, 0.29) is 0 Å². The van der Waals surface area contributed by atoms with E-state index in [4.69, 9.17) is 4.74 Å². The maximum atomic E-state index is 5.48. The van der Waals surface area contributed by atoms with Crippen LogP contribution in [0.2, 0.25) is 0 Å². The number of para-hydroxylation sites is 2. The van der Waals surface area contributed by atoms with Crippen LogP contribution < -0.4 is 9.64 Å². The minimum atomic E-state index is 0.970. The van der Waals surface area contributed by atoms with E-state index in [0.717, 1.165) is 44.9 Å². The second-order valence-corrected chi connectivity index (χ2v) is 5.97. The SMILES string of the molecule is COc1ccccc1N1CCN(CCCc2cccnc2)CC1. The molecule has 0 bridgehead atoms. The van der Waals surface area contributed by atoms with Gasteiger partial charge < -0.3 is 9.64 Å². The Bertz CT molecular complexity index is 595. The van der Waals surface area contributed by atoms with Gasteiger partial charge in [0.2, 0.25) is 0 Å². The summed E-state index contributed by atoms with van der Waals surface area (Å²) < 4.78 is 5.48. The maximum Gasteiger partial charge on any atom is 0.142 e. The molecule has 1 aliphatic heterocycles. The van der Waals surface area contributed by atoms with Crippen LogP contribution in [0.15, 0.2) is 48.8 Å². The van der Waals surface area contributed by atoms with Crippen LogP contribution in [0, 0.1) is 0 Å². The smallest absolute Gasteiger partial charge is 0.142 e. The fraction of sp³-hybridized carbons (Fsp3) is 0.421. The summed E-state index contributed by atoms with van der Waals surface area (Å²) >= 11 is 0. The third-order valence-electron chi connectivity index (χ3n) is 4.46. The average Bonchev–Trinajstić information content (AvgIpc) is 2.63. The predicted molar refractivity (Wildman–Crippen MR) is 94.2 cm³/mol. The second-order valence-electron chi connectivity index (χ2n) is 5.97. The second kappa shape index (κ2) is 7.97. The molecule has 122 valence electrons. The van der Waals surface area contributed by atoms with Crippen molar-refractivity contribution in [2.24, 2.45) is 0 Å². The molecule has 2 aromatic rings. The van der Waals surface area contributed by atoms with Crippen molar-refractivity contribution in [2.45, 2.75) is 12.8 Å². The topological polar surface area (TPSA) is 28.6 Å². The molecule has 0 atom stereocenters. The first kappa shape index (κ1) is 15.8. The fourth-order valence-corrected chi connectivity index (χ4v) is 3.16. The van der Waals surface area contributed by atoms with Gasteiger partial charge in [-0.25, -0.2) is 0 Å². The van der Waals surface area contributed by atoms with E-state index >= 15 is 0 Å². The third kappa shape index (κ3) is 4.23. The largest absolute Gasteiger partial charge is 0.495 e. The van der Waals surface area contributed by atoms with Crippen LogP contribution in [-0.4, -0.2) is 49.7 Å². The Morgan fingerprint density at radius 2 is 1.87 bits per heavy atom. The lowest BCUT2D eigenvalue weighted by molar-refractivity contribution is 0.254. The van der Waals surface area contributed by atoms with Gasteiger partial charge in [0.25, 0.3) is 0 Å². The van der Waals surface area contributed by atoms with E-state index in [1.807, 2.05) is 30.6 Å². The first-order chi connectivity index (χ1) is 11.4. The summed E-state index contributed by atoms with van der Waals surface area (Å²) in [6.45, 7) is 5.52. The zero-order valence-electron chi connectivity index (χ0n) is 13.8. The molecule has 4 heteroatoms. The molecule has 2 heterocycles. The molecule has 1 fully saturated rings. The first-order valence-corrected chi connectivity index (χ1v) is 8.36. The van der Waals surface area contributed by atoms with Gasteiger partial charge in [-0.2, -0.15) is 0 Å². The molecule has 1 aromatic carbocycles. The lowest BCUT2D eigenvalue weighted by Crippen LogP contribution is -2.46. The first-order valence-electron chi connectivity index (χ1n) is 8.36. The Hall–Kier alpha value is -2.07. The van der Waals surface area contributed by atoms with Gasteiger partial charge in [-0.05, 0) is 43.1 Å². The normalized spacial score (nSPS) is 15.6. The van der Waals surface area contributed by atoms with Crippen molar-refractivity contribution in [3.63, 3.8) is 0 Å². The average molecular weight is 311 g/mol. The van der Waals surface area contributed by atoms with Gasteiger partial charge >= 0.3 is 0 Å². The minimum absolute atomic E-state index is 0.970. The number of anilines is 1. The summed E-state index contributed by atoms with van der Waals surface area (Å²) in [6, 6.07) is 12.5. The van der Waals surface area contributed by atoms with Crippen LogP contribution in [0.3, 0.4) is 0 Å². The lowest BCUT2D eigenvalue weighted by Gasteiger charge is -2.36. The molecule has 0 N–H and O–H groups in total. The molecule has 1 saturated heterocycles. The molecule has 0 aliphatic carbocycles. The van der Waals surface area contributed by atoms with E-state index < -0.39 is 0 Å². The molecule has 3 rings (SSSR count). The Morgan fingerprint density at radius 1 is 1.04 bits per heavy atom. The zero-order valence-corrected chi connectivity index (χ0v) is 13.8. The van der Waals surface area contributed by atoms with Crippen molar-refractivity contribution < 1.29 is 4.74 Å². The zero-order chi connectivity index (χ0) is 15.9. The highest BCUT2D eigenvalue weighted by Crippen LogP contribution is 2.28. The van der Waals surface area contributed by atoms with Crippen molar-refractivity contribution in [1.82, 2.24) is 9.88 Å². The fourth-order valence-electron chi connectivity index (χ4n) is 3.16. The van der Waals surface area contributed by atoms with Crippen molar-refractivity contribution in [1.29, 1.82) is 0 Å². The van der Waals surface area contributed by atoms with Gasteiger partial charge in [0.05, 0.1) is 12.8 Å². The van der Waals surface area contributed by atoms with Gasteiger partial charge in [-0.3, -0.25) is 9.88 Å². The van der Waals surface area contributed by atoms with E-state index in [1.165, 1.54) is 17.7 Å². The van der Waals surface area contributed by atoms with Gasteiger partial charge in [-0.1, -0.05) is 18.2 Å². The predicted octanol–water partition coefficient (Wildman–Crippen LogP) is 2.85. The van der Waals surface area contributed by atoms with Crippen molar-refractivity contribution in [2.75, 3.05) is 44.7 Å². The number of hydrogen-bond acceptors (Lipinski definition) is 4. The number of aromatic nitrogens is 1. The molecular formula is C19H25N3O. The van der Waals surface area contributed by atoms with Crippen LogP contribution in [0.1, 0.15) is 12.0 Å². The number of rotatable bonds is 6. The van der Waals surface area contributed by atoms with Gasteiger partial charge in [0.15, 0.2) is 0 Å². The Kier molecular flexibility index (Phi) is 5.48. The lowest BCUT2D eigenvalue weighted by atomic mass is 10.1. The minimum Gasteiger partial charge on any atom is -0.495 e. The number of piperazine rings is 1. The van der Waals surface area contributed by atoms with E-state index in [2.05, 4.69) is 33.0 Å². The van der Waals surface area contributed by atoms with Gasteiger partial charge in [0.1, 0.15) is 5.75 Å². The molecular weight excluding hydrogens is 286 g/mol. The van der Waals surface area contributed by atoms with E-state index in [1.54, 1.807) is 7.11 Å². The number of ether oxygens (including phenoxy) is 1. The van der Waals surface area contributed by atoms with Crippen LogP contribution in [-0.2, 0) is 6.42 Å². The maximum absolute atomic E-state index is 5.48. The quantitative estimate of drug-likeness (QED) is 0.820. The van der Waals surface area contributed by atoms with E-state index in [0.29, 0.717) is 0 Å².